The molecule has 6 heteroatoms. The van der Waals surface area contributed by atoms with Crippen LogP contribution in [0.15, 0.2) is 48.5 Å². The van der Waals surface area contributed by atoms with Crippen LogP contribution in [0.5, 0.6) is 5.75 Å². The molecule has 0 aliphatic rings. The molecule has 28 heavy (non-hydrogen) atoms. The van der Waals surface area contributed by atoms with Gasteiger partial charge in [-0.25, -0.2) is 4.39 Å². The number of rotatable bonds is 11. The normalized spacial score (nSPS) is 12.0. The van der Waals surface area contributed by atoms with E-state index in [1.165, 1.54) is 6.07 Å². The summed E-state index contributed by atoms with van der Waals surface area (Å²) >= 11 is 0. The van der Waals surface area contributed by atoms with Crippen LogP contribution < -0.4 is 4.74 Å². The molecular weight excluding hydrogens is 361 g/mol. The van der Waals surface area contributed by atoms with Crippen LogP contribution >= 0.6 is 0 Å². The highest BCUT2D eigenvalue weighted by atomic mass is 19.1. The Morgan fingerprint density at radius 3 is 2.50 bits per heavy atom. The van der Waals surface area contributed by atoms with Crippen molar-refractivity contribution >= 4 is 5.97 Å². The van der Waals surface area contributed by atoms with E-state index in [-0.39, 0.29) is 24.9 Å². The Morgan fingerprint density at radius 2 is 1.86 bits per heavy atom. The van der Waals surface area contributed by atoms with Crippen molar-refractivity contribution in [3.8, 4) is 5.75 Å². The molecule has 0 aromatic heterocycles. The molecule has 0 radical (unpaired) electrons. The Kier molecular flexibility index (Phi) is 8.91. The molecule has 0 saturated carbocycles. The van der Waals surface area contributed by atoms with Crippen LogP contribution in [-0.4, -0.2) is 42.3 Å². The molecule has 0 aliphatic carbocycles. The lowest BCUT2D eigenvalue weighted by molar-refractivity contribution is -0.147. The smallest absolute Gasteiger partial charge is 0.305 e. The lowest BCUT2D eigenvalue weighted by atomic mass is 10.1. The second-order valence-corrected chi connectivity index (χ2v) is 6.70. The van der Waals surface area contributed by atoms with E-state index in [0.29, 0.717) is 31.5 Å². The average Bonchev–Trinajstić information content (AvgIpc) is 2.69. The van der Waals surface area contributed by atoms with Gasteiger partial charge in [-0.05, 0) is 30.2 Å². The predicted octanol–water partition coefficient (Wildman–Crippen LogP) is 3.54. The summed E-state index contributed by atoms with van der Waals surface area (Å²) in [5.41, 5.74) is 1.55. The van der Waals surface area contributed by atoms with Crippen LogP contribution in [-0.2, 0) is 22.6 Å². The highest BCUT2D eigenvalue weighted by molar-refractivity contribution is 5.69. The monoisotopic (exact) mass is 389 g/mol. The van der Waals surface area contributed by atoms with Gasteiger partial charge in [0.25, 0.3) is 0 Å². The Bertz CT molecular complexity index is 736. The summed E-state index contributed by atoms with van der Waals surface area (Å²) < 4.78 is 24.4. The molecule has 0 unspecified atom stereocenters. The first kappa shape index (κ1) is 21.9. The van der Waals surface area contributed by atoms with Crippen molar-refractivity contribution in [2.24, 2.45) is 0 Å². The van der Waals surface area contributed by atoms with Crippen LogP contribution in [0.3, 0.4) is 0 Å². The quantitative estimate of drug-likeness (QED) is 0.596. The highest BCUT2D eigenvalue weighted by Crippen LogP contribution is 2.16. The van der Waals surface area contributed by atoms with E-state index in [0.717, 1.165) is 11.3 Å². The number of aliphatic hydroxyl groups excluding tert-OH is 1. The van der Waals surface area contributed by atoms with Crippen LogP contribution in [0.1, 0.15) is 30.9 Å². The molecule has 152 valence electrons. The van der Waals surface area contributed by atoms with Gasteiger partial charge in [0.05, 0.1) is 7.11 Å². The Balaban J connectivity index is 2.04. The largest absolute Gasteiger partial charge is 0.497 e. The van der Waals surface area contributed by atoms with Gasteiger partial charge in [0.1, 0.15) is 24.3 Å². The Hall–Kier alpha value is -2.44. The fourth-order valence-electron chi connectivity index (χ4n) is 2.86. The lowest BCUT2D eigenvalue weighted by Crippen LogP contribution is -2.35. The number of aliphatic hydroxyl groups is 1. The molecule has 0 spiro atoms. The zero-order valence-corrected chi connectivity index (χ0v) is 16.4. The standard InChI is InChI=1S/C22H28FNO4/c1-3-6-22(26)28-16-19(25)15-24(14-18-7-4-5-8-21(18)23)13-17-9-11-20(27-2)12-10-17/h4-5,7-12,19,25H,3,6,13-16H2,1-2H3/t19-/m1/s1. The van der Waals surface area contributed by atoms with Gasteiger partial charge in [-0.1, -0.05) is 37.3 Å². The fourth-order valence-corrected chi connectivity index (χ4v) is 2.86. The number of hydrogen-bond acceptors (Lipinski definition) is 5. The number of halogens is 1. The molecule has 2 rings (SSSR count). The average molecular weight is 389 g/mol. The van der Waals surface area contributed by atoms with Crippen LogP contribution in [0.25, 0.3) is 0 Å². The highest BCUT2D eigenvalue weighted by Gasteiger charge is 2.16. The molecule has 1 atom stereocenters. The maximum Gasteiger partial charge on any atom is 0.305 e. The van der Waals surface area contributed by atoms with Crippen molar-refractivity contribution in [2.45, 2.75) is 39.0 Å². The second kappa shape index (κ2) is 11.4. The van der Waals surface area contributed by atoms with Crippen LogP contribution in [0.2, 0.25) is 0 Å². The fraction of sp³-hybridized carbons (Fsp3) is 0.409. The third-order valence-corrected chi connectivity index (χ3v) is 4.28. The first-order chi connectivity index (χ1) is 13.5. The molecule has 0 fully saturated rings. The predicted molar refractivity (Wildman–Crippen MR) is 105 cm³/mol. The van der Waals surface area contributed by atoms with Gasteiger partial charge in [0.15, 0.2) is 0 Å². The number of esters is 1. The molecule has 0 aliphatic heterocycles. The number of carbonyl (C=O) groups is 1. The third kappa shape index (κ3) is 7.29. The summed E-state index contributed by atoms with van der Waals surface area (Å²) in [4.78, 5) is 13.4. The minimum atomic E-state index is -0.856. The van der Waals surface area contributed by atoms with Crippen LogP contribution in [0, 0.1) is 5.82 Å². The minimum Gasteiger partial charge on any atom is -0.497 e. The molecular formula is C22H28FNO4. The van der Waals surface area contributed by atoms with Gasteiger partial charge in [0.2, 0.25) is 0 Å². The molecule has 0 bridgehead atoms. The van der Waals surface area contributed by atoms with Crippen molar-refractivity contribution in [3.63, 3.8) is 0 Å². The first-order valence-corrected chi connectivity index (χ1v) is 9.44. The van der Waals surface area contributed by atoms with Gasteiger partial charge in [-0.2, -0.15) is 0 Å². The van der Waals surface area contributed by atoms with Crippen molar-refractivity contribution in [1.29, 1.82) is 0 Å². The maximum atomic E-state index is 14.1. The first-order valence-electron chi connectivity index (χ1n) is 9.44. The molecule has 0 saturated heterocycles. The third-order valence-electron chi connectivity index (χ3n) is 4.28. The summed E-state index contributed by atoms with van der Waals surface area (Å²) in [5.74, 6) is 0.149. The van der Waals surface area contributed by atoms with E-state index in [1.54, 1.807) is 25.3 Å². The number of methoxy groups -OCH3 is 1. The Labute approximate surface area is 165 Å². The van der Waals surface area contributed by atoms with Crippen molar-refractivity contribution in [1.82, 2.24) is 4.90 Å². The van der Waals surface area contributed by atoms with E-state index in [9.17, 15) is 14.3 Å². The van der Waals surface area contributed by atoms with Gasteiger partial charge in [0, 0.05) is 31.6 Å². The maximum absolute atomic E-state index is 14.1. The van der Waals surface area contributed by atoms with Gasteiger partial charge in [-0.15, -0.1) is 0 Å². The summed E-state index contributed by atoms with van der Waals surface area (Å²) in [6, 6.07) is 14.2. The lowest BCUT2D eigenvalue weighted by Gasteiger charge is -2.25. The van der Waals surface area contributed by atoms with E-state index in [2.05, 4.69) is 0 Å². The zero-order valence-electron chi connectivity index (χ0n) is 16.4. The zero-order chi connectivity index (χ0) is 20.4. The van der Waals surface area contributed by atoms with E-state index >= 15 is 0 Å². The SMILES string of the molecule is CCCC(=O)OC[C@H](O)CN(Cc1ccc(OC)cc1)Cc1ccccc1F. The number of nitrogens with zero attached hydrogens (tertiary/aromatic N) is 1. The molecule has 5 nitrogen and oxygen atoms in total. The molecule has 0 heterocycles. The van der Waals surface area contributed by atoms with Gasteiger partial charge >= 0.3 is 5.97 Å². The minimum absolute atomic E-state index is 0.0742. The second-order valence-electron chi connectivity index (χ2n) is 6.70. The van der Waals surface area contributed by atoms with E-state index in [1.807, 2.05) is 36.1 Å². The Morgan fingerprint density at radius 1 is 1.14 bits per heavy atom. The van der Waals surface area contributed by atoms with Gasteiger partial charge < -0.3 is 14.6 Å². The topological polar surface area (TPSA) is 59.0 Å². The number of benzene rings is 2. The van der Waals surface area contributed by atoms with Gasteiger partial charge in [-0.3, -0.25) is 9.69 Å². The van der Waals surface area contributed by atoms with E-state index in [4.69, 9.17) is 9.47 Å². The molecule has 1 N–H and O–H groups in total. The number of hydrogen-bond donors (Lipinski definition) is 1. The molecule has 2 aromatic rings. The summed E-state index contributed by atoms with van der Waals surface area (Å²) in [6.45, 7) is 2.91. The molecule has 2 aromatic carbocycles. The summed E-state index contributed by atoms with van der Waals surface area (Å²) in [6.07, 6.45) is 0.175. The van der Waals surface area contributed by atoms with Crippen LogP contribution in [0.4, 0.5) is 4.39 Å². The van der Waals surface area contributed by atoms with Crippen molar-refractivity contribution in [2.75, 3.05) is 20.3 Å². The number of ether oxygens (including phenoxy) is 2. The van der Waals surface area contributed by atoms with Crippen molar-refractivity contribution < 1.29 is 23.8 Å². The van der Waals surface area contributed by atoms with Crippen molar-refractivity contribution in [3.05, 3.63) is 65.5 Å². The number of carbonyl (C=O) groups excluding carboxylic acids is 1. The summed E-state index contributed by atoms with van der Waals surface area (Å²) in [7, 11) is 1.61. The summed E-state index contributed by atoms with van der Waals surface area (Å²) in [5, 5.41) is 10.3. The van der Waals surface area contributed by atoms with E-state index < -0.39 is 6.10 Å². The molecule has 0 amide bonds.